The third-order valence-corrected chi connectivity index (χ3v) is 5.41. The van der Waals surface area contributed by atoms with Crippen molar-refractivity contribution in [1.29, 1.82) is 0 Å². The second-order valence-electron chi connectivity index (χ2n) is 6.68. The van der Waals surface area contributed by atoms with Gasteiger partial charge in [0.25, 0.3) is 0 Å². The molecule has 4 bridgehead atoms. The lowest BCUT2D eigenvalue weighted by Gasteiger charge is -2.53. The molecule has 0 aromatic heterocycles. The van der Waals surface area contributed by atoms with Crippen LogP contribution in [0.15, 0.2) is 0 Å². The van der Waals surface area contributed by atoms with Crippen LogP contribution in [0.2, 0.25) is 0 Å². The van der Waals surface area contributed by atoms with Gasteiger partial charge in [-0.15, -0.1) is 0 Å². The fourth-order valence-electron chi connectivity index (χ4n) is 4.92. The third-order valence-electron chi connectivity index (χ3n) is 5.41. The third kappa shape index (κ3) is 2.29. The van der Waals surface area contributed by atoms with E-state index in [2.05, 4.69) is 5.32 Å². The topological polar surface area (TPSA) is 49.3 Å². The number of unbranched alkanes of at least 4 members (excludes halogenated alkanes) is 1. The van der Waals surface area contributed by atoms with E-state index in [9.17, 15) is 4.79 Å². The van der Waals surface area contributed by atoms with Crippen molar-refractivity contribution in [2.75, 3.05) is 13.2 Å². The summed E-state index contributed by atoms with van der Waals surface area (Å²) in [4.78, 5) is 12.3. The van der Waals surface area contributed by atoms with Gasteiger partial charge in [0.1, 0.15) is 0 Å². The van der Waals surface area contributed by atoms with Gasteiger partial charge in [0.2, 0.25) is 5.91 Å². The normalized spacial score (nSPS) is 41.1. The zero-order chi connectivity index (χ0) is 12.5. The Balaban J connectivity index is 1.54. The first-order chi connectivity index (χ1) is 8.78. The van der Waals surface area contributed by atoms with Crippen LogP contribution < -0.4 is 5.32 Å². The molecule has 2 N–H and O–H groups in total. The van der Waals surface area contributed by atoms with Crippen LogP contribution in [0.4, 0.5) is 0 Å². The van der Waals surface area contributed by atoms with Gasteiger partial charge in [0.15, 0.2) is 0 Å². The van der Waals surface area contributed by atoms with Crippen molar-refractivity contribution >= 4 is 5.91 Å². The molecule has 0 unspecified atom stereocenters. The van der Waals surface area contributed by atoms with Gasteiger partial charge in [-0.2, -0.15) is 0 Å². The molecule has 4 fully saturated rings. The number of rotatable bonds is 5. The zero-order valence-corrected chi connectivity index (χ0v) is 11.1. The van der Waals surface area contributed by atoms with Gasteiger partial charge in [0, 0.05) is 19.1 Å². The number of aliphatic hydroxyl groups is 1. The molecule has 4 aliphatic carbocycles. The Labute approximate surface area is 109 Å². The van der Waals surface area contributed by atoms with Crippen LogP contribution in [0.5, 0.6) is 0 Å². The Bertz CT molecular complexity index is 288. The van der Waals surface area contributed by atoms with Crippen LogP contribution in [0.3, 0.4) is 0 Å². The molecule has 0 aromatic rings. The smallest absolute Gasteiger partial charge is 0.223 e. The maximum atomic E-state index is 12.3. The molecular weight excluding hydrogens is 226 g/mol. The molecule has 18 heavy (non-hydrogen) atoms. The number of hydrogen-bond acceptors (Lipinski definition) is 2. The molecule has 102 valence electrons. The molecule has 0 saturated heterocycles. The van der Waals surface area contributed by atoms with Crippen LogP contribution in [0.25, 0.3) is 0 Å². The molecule has 0 aliphatic heterocycles. The summed E-state index contributed by atoms with van der Waals surface area (Å²) in [6.07, 6.45) is 8.36. The minimum Gasteiger partial charge on any atom is -0.396 e. The van der Waals surface area contributed by atoms with Gasteiger partial charge < -0.3 is 10.4 Å². The van der Waals surface area contributed by atoms with Crippen LogP contribution >= 0.6 is 0 Å². The number of aliphatic hydroxyl groups excluding tert-OH is 1. The molecule has 3 heteroatoms. The lowest BCUT2D eigenvalue weighted by atomic mass is 9.51. The van der Waals surface area contributed by atoms with E-state index >= 15 is 0 Å². The molecular formula is C15H25NO2. The van der Waals surface area contributed by atoms with Crippen molar-refractivity contribution in [1.82, 2.24) is 5.32 Å². The SMILES string of the molecule is O=C(NCCCCO)C1C2CC3CC(C2)CC1C3. The van der Waals surface area contributed by atoms with E-state index in [1.807, 2.05) is 0 Å². The zero-order valence-electron chi connectivity index (χ0n) is 11.1. The Kier molecular flexibility index (Phi) is 3.60. The van der Waals surface area contributed by atoms with Gasteiger partial charge in [-0.25, -0.2) is 0 Å². The van der Waals surface area contributed by atoms with Crippen molar-refractivity contribution in [3.8, 4) is 0 Å². The molecule has 4 aliphatic rings. The summed E-state index contributed by atoms with van der Waals surface area (Å²) < 4.78 is 0. The minimum absolute atomic E-state index is 0.230. The monoisotopic (exact) mass is 251 g/mol. The summed E-state index contributed by atoms with van der Waals surface area (Å²) in [5.74, 6) is 3.85. The first kappa shape index (κ1) is 12.5. The van der Waals surface area contributed by atoms with Crippen LogP contribution in [0, 0.1) is 29.6 Å². The minimum atomic E-state index is 0.230. The van der Waals surface area contributed by atoms with Gasteiger partial charge in [-0.3, -0.25) is 4.79 Å². The van der Waals surface area contributed by atoms with E-state index in [0.717, 1.165) is 31.2 Å². The summed E-state index contributed by atoms with van der Waals surface area (Å²) in [5.41, 5.74) is 0. The second kappa shape index (κ2) is 5.20. The van der Waals surface area contributed by atoms with Crippen molar-refractivity contribution in [3.63, 3.8) is 0 Å². The van der Waals surface area contributed by atoms with E-state index in [-0.39, 0.29) is 6.61 Å². The average Bonchev–Trinajstić information content (AvgIpc) is 2.33. The van der Waals surface area contributed by atoms with Crippen LogP contribution in [0.1, 0.15) is 44.9 Å². The summed E-state index contributed by atoms with van der Waals surface area (Å²) in [5, 5.41) is 11.8. The van der Waals surface area contributed by atoms with Crippen molar-refractivity contribution < 1.29 is 9.90 Å². The average molecular weight is 251 g/mol. The summed E-state index contributed by atoms with van der Waals surface area (Å²) in [6, 6.07) is 0. The number of nitrogens with one attached hydrogen (secondary N) is 1. The molecule has 0 heterocycles. The second-order valence-corrected chi connectivity index (χ2v) is 6.68. The maximum Gasteiger partial charge on any atom is 0.223 e. The highest BCUT2D eigenvalue weighted by molar-refractivity contribution is 5.79. The number of carbonyl (C=O) groups is 1. The van der Waals surface area contributed by atoms with Gasteiger partial charge >= 0.3 is 0 Å². The molecule has 4 saturated carbocycles. The summed E-state index contributed by atoms with van der Waals surface area (Å²) in [7, 11) is 0. The van der Waals surface area contributed by atoms with E-state index < -0.39 is 0 Å². The van der Waals surface area contributed by atoms with E-state index in [1.54, 1.807) is 0 Å². The highest BCUT2D eigenvalue weighted by Gasteiger charge is 2.50. The van der Waals surface area contributed by atoms with Crippen molar-refractivity contribution in [3.05, 3.63) is 0 Å². The number of hydrogen-bond donors (Lipinski definition) is 2. The predicted octanol–water partition coefficient (Wildman–Crippen LogP) is 1.95. The molecule has 0 atom stereocenters. The van der Waals surface area contributed by atoms with E-state index in [0.29, 0.717) is 23.7 Å². The standard InChI is InChI=1S/C15H25NO2/c17-4-2-1-3-16-15(18)14-12-6-10-5-11(8-12)9-13(14)7-10/h10-14,17H,1-9H2,(H,16,18). The molecule has 0 aromatic carbocycles. The molecule has 3 nitrogen and oxygen atoms in total. The van der Waals surface area contributed by atoms with E-state index in [4.69, 9.17) is 5.11 Å². The predicted molar refractivity (Wildman–Crippen MR) is 69.9 cm³/mol. The highest BCUT2D eigenvalue weighted by Crippen LogP contribution is 2.56. The van der Waals surface area contributed by atoms with E-state index in [1.165, 1.54) is 32.1 Å². The number of carbonyl (C=O) groups excluding carboxylic acids is 1. The molecule has 4 rings (SSSR count). The molecule has 0 radical (unpaired) electrons. The number of amides is 1. The van der Waals surface area contributed by atoms with Gasteiger partial charge in [0.05, 0.1) is 0 Å². The molecule has 0 spiro atoms. The lowest BCUT2D eigenvalue weighted by molar-refractivity contribution is -0.138. The Hall–Kier alpha value is -0.570. The Morgan fingerprint density at radius 3 is 2.17 bits per heavy atom. The molecule has 1 amide bonds. The Morgan fingerprint density at radius 1 is 1.00 bits per heavy atom. The van der Waals surface area contributed by atoms with Crippen LogP contribution in [-0.2, 0) is 4.79 Å². The van der Waals surface area contributed by atoms with Crippen molar-refractivity contribution in [2.45, 2.75) is 44.9 Å². The fraction of sp³-hybridized carbons (Fsp3) is 0.933. The first-order valence-electron chi connectivity index (χ1n) is 7.66. The largest absolute Gasteiger partial charge is 0.396 e. The summed E-state index contributed by atoms with van der Waals surface area (Å²) in [6.45, 7) is 0.968. The lowest BCUT2D eigenvalue weighted by Crippen LogP contribution is -2.51. The van der Waals surface area contributed by atoms with Crippen molar-refractivity contribution in [2.24, 2.45) is 29.6 Å². The maximum absolute atomic E-state index is 12.3. The van der Waals surface area contributed by atoms with Gasteiger partial charge in [-0.05, 0) is 68.6 Å². The quantitative estimate of drug-likeness (QED) is 0.734. The first-order valence-corrected chi connectivity index (χ1v) is 7.66. The summed E-state index contributed by atoms with van der Waals surface area (Å²) >= 11 is 0. The van der Waals surface area contributed by atoms with Crippen LogP contribution in [-0.4, -0.2) is 24.2 Å². The highest BCUT2D eigenvalue weighted by atomic mass is 16.2. The fourth-order valence-corrected chi connectivity index (χ4v) is 4.92. The Morgan fingerprint density at radius 2 is 1.61 bits per heavy atom. The van der Waals surface area contributed by atoms with Gasteiger partial charge in [-0.1, -0.05) is 0 Å².